The minimum absolute atomic E-state index is 0. The van der Waals surface area contributed by atoms with Gasteiger partial charge < -0.3 is 47.8 Å². The molecule has 3 rings (SSSR count). The second-order valence-electron chi connectivity index (χ2n) is 8.28. The van der Waals surface area contributed by atoms with Crippen LogP contribution >= 0.6 is 0 Å². The summed E-state index contributed by atoms with van der Waals surface area (Å²) in [5, 5.41) is 52.2. The zero-order valence-corrected chi connectivity index (χ0v) is 22.1. The van der Waals surface area contributed by atoms with Gasteiger partial charge in [0.15, 0.2) is 0 Å². The van der Waals surface area contributed by atoms with Crippen LogP contribution in [0.2, 0.25) is 0 Å². The molecule has 13 heteroatoms. The van der Waals surface area contributed by atoms with Gasteiger partial charge in [0.1, 0.15) is 17.2 Å². The van der Waals surface area contributed by atoms with Gasteiger partial charge in [-0.2, -0.15) is 0 Å². The molecule has 0 aliphatic heterocycles. The van der Waals surface area contributed by atoms with E-state index in [2.05, 4.69) is 0 Å². The Balaban J connectivity index is 0.000000563. The second kappa shape index (κ2) is 18.2. The second-order valence-corrected chi connectivity index (χ2v) is 8.28. The Kier molecular flexibility index (Phi) is 16.3. The maximum Gasteiger partial charge on any atom is 3.00 e. The average molecular weight is 596 g/mol. The molecule has 3 aromatic rings. The number of aliphatic carboxylic acids is 3. The van der Waals surface area contributed by atoms with E-state index in [1.807, 2.05) is 0 Å². The van der Waals surface area contributed by atoms with Gasteiger partial charge in [-0.15, -0.1) is 0 Å². The minimum Gasteiger partial charge on any atom is -0.665 e. The maximum absolute atomic E-state index is 10.3. The van der Waals surface area contributed by atoms with Crippen LogP contribution < -0.4 is 0 Å². The fourth-order valence-corrected chi connectivity index (χ4v) is 2.87. The predicted octanol–water partition coefficient (Wildman–Crippen LogP) is 4.32. The van der Waals surface area contributed by atoms with E-state index in [1.165, 1.54) is 36.4 Å². The van der Waals surface area contributed by atoms with Crippen LogP contribution in [0, 0.1) is 0 Å². The van der Waals surface area contributed by atoms with Gasteiger partial charge in [0, 0.05) is 0 Å². The number of hydrogen-bond donors (Lipinski definition) is 6. The Hall–Kier alpha value is -4.13. The molecule has 12 nitrogen and oxygen atoms in total. The molecule has 9 N–H and O–H groups in total. The number of phenolic OH excluding ortho intramolecular Hbond substituents is 3. The molecule has 0 spiro atoms. The first-order chi connectivity index (χ1) is 18.3. The van der Waals surface area contributed by atoms with E-state index in [0.29, 0.717) is 0 Å². The number of carboxylic acid groups (broad SMARTS) is 3. The van der Waals surface area contributed by atoms with Gasteiger partial charge in [0.05, 0.1) is 0 Å². The molecule has 0 fully saturated rings. The number of carboxylic acids is 3. The third-order valence-electron chi connectivity index (χ3n) is 5.02. The normalized spacial score (nSPS) is 12.1. The number of nitrogens with one attached hydrogen (secondary N) is 3. The van der Waals surface area contributed by atoms with Gasteiger partial charge >= 0.3 is 17.1 Å². The molecule has 0 aliphatic rings. The molecule has 0 aromatic heterocycles. The predicted molar refractivity (Wildman–Crippen MR) is 143 cm³/mol. The molecule has 3 unspecified atom stereocenters. The number of rotatable bonds is 9. The summed E-state index contributed by atoms with van der Waals surface area (Å²) >= 11 is 0. The number of carbonyl (C=O) groups is 3. The van der Waals surface area contributed by atoms with Gasteiger partial charge in [-0.1, -0.05) is 36.4 Å². The third-order valence-corrected chi connectivity index (χ3v) is 5.02. The summed E-state index contributed by atoms with van der Waals surface area (Å²) in [4.78, 5) is 31.0. The molecule has 0 amide bonds. The SMILES string of the molecule is [Fe+3].[NH-]C(Cc1ccc(O)cc1)C(=O)O.[NH-]C(Cc1ccc(O)cc1)C(=O)O.[NH-]C(Cc1ccc(O)cc1)C(=O)O. The van der Waals surface area contributed by atoms with Crippen LogP contribution in [0.1, 0.15) is 16.7 Å². The Morgan fingerprint density at radius 1 is 0.475 bits per heavy atom. The first kappa shape index (κ1) is 35.9. The molecular weight excluding hydrogens is 566 g/mol. The van der Waals surface area contributed by atoms with Crippen LogP contribution in [-0.2, 0) is 50.7 Å². The Labute approximate surface area is 241 Å². The van der Waals surface area contributed by atoms with Crippen molar-refractivity contribution in [3.8, 4) is 17.2 Å². The number of benzene rings is 3. The Morgan fingerprint density at radius 2 is 0.650 bits per heavy atom. The molecule has 215 valence electrons. The summed E-state index contributed by atoms with van der Waals surface area (Å²) in [7, 11) is 0. The Bertz CT molecular complexity index is 1040. The third kappa shape index (κ3) is 14.7. The van der Waals surface area contributed by atoms with E-state index in [1.54, 1.807) is 36.4 Å². The monoisotopic (exact) mass is 596 g/mol. The smallest absolute Gasteiger partial charge is 0.665 e. The van der Waals surface area contributed by atoms with Crippen molar-refractivity contribution in [2.75, 3.05) is 0 Å². The molecule has 0 saturated carbocycles. The van der Waals surface area contributed by atoms with E-state index in [0.717, 1.165) is 16.7 Å². The fourth-order valence-electron chi connectivity index (χ4n) is 2.87. The van der Waals surface area contributed by atoms with Crippen LogP contribution in [-0.4, -0.2) is 66.7 Å². The van der Waals surface area contributed by atoms with Gasteiger partial charge in [-0.05, 0) is 90.5 Å². The van der Waals surface area contributed by atoms with Crippen molar-refractivity contribution < 1.29 is 62.1 Å². The number of aromatic hydroxyl groups is 3. The van der Waals surface area contributed by atoms with Crippen LogP contribution in [0.25, 0.3) is 17.2 Å². The van der Waals surface area contributed by atoms with Crippen molar-refractivity contribution in [3.63, 3.8) is 0 Å². The number of phenols is 3. The molecular formula is C27H30FeN3O9. The van der Waals surface area contributed by atoms with Crippen molar-refractivity contribution in [2.45, 2.75) is 37.4 Å². The molecule has 3 atom stereocenters. The van der Waals surface area contributed by atoms with Gasteiger partial charge in [-0.3, -0.25) is 14.4 Å². The van der Waals surface area contributed by atoms with Gasteiger partial charge in [-0.25, -0.2) is 0 Å². The Morgan fingerprint density at radius 3 is 0.800 bits per heavy atom. The van der Waals surface area contributed by atoms with E-state index >= 15 is 0 Å². The van der Waals surface area contributed by atoms with Crippen molar-refractivity contribution in [1.82, 2.24) is 0 Å². The van der Waals surface area contributed by atoms with Gasteiger partial charge in [0.25, 0.3) is 17.9 Å². The molecule has 0 saturated heterocycles. The maximum atomic E-state index is 10.3. The minimum atomic E-state index is -1.13. The molecule has 1 radical (unpaired) electrons. The standard InChI is InChI=1S/3C9H10NO3.Fe/c3*10-8(9(12)13)5-6-1-3-7(11)4-2-6;/h3*1-4,8,10-11H,5H2,(H,12,13);/q3*-1;+3. The molecule has 40 heavy (non-hydrogen) atoms. The first-order valence-corrected chi connectivity index (χ1v) is 11.4. The van der Waals surface area contributed by atoms with Crippen LogP contribution in [0.15, 0.2) is 72.8 Å². The number of hydrogen-bond acceptors (Lipinski definition) is 6. The summed E-state index contributed by atoms with van der Waals surface area (Å²) in [6, 6.07) is 15.1. The van der Waals surface area contributed by atoms with Gasteiger partial charge in [0.2, 0.25) is 0 Å². The molecule has 0 bridgehead atoms. The largest absolute Gasteiger partial charge is 3.00 e. The van der Waals surface area contributed by atoms with Crippen molar-refractivity contribution >= 4 is 17.9 Å². The summed E-state index contributed by atoms with van der Waals surface area (Å²) in [5.41, 5.74) is 23.7. The fraction of sp³-hybridized carbons (Fsp3) is 0.222. The summed E-state index contributed by atoms with van der Waals surface area (Å²) in [6.45, 7) is 0. The van der Waals surface area contributed by atoms with Crippen molar-refractivity contribution in [1.29, 1.82) is 0 Å². The van der Waals surface area contributed by atoms with E-state index in [4.69, 9.17) is 47.8 Å². The summed E-state index contributed by atoms with van der Waals surface area (Å²) in [5.74, 6) is -2.98. The molecule has 0 aliphatic carbocycles. The van der Waals surface area contributed by atoms with Crippen LogP contribution in [0.3, 0.4) is 0 Å². The zero-order valence-electron chi connectivity index (χ0n) is 21.0. The average Bonchev–Trinajstić information content (AvgIpc) is 2.88. The van der Waals surface area contributed by atoms with E-state index < -0.39 is 36.0 Å². The first-order valence-electron chi connectivity index (χ1n) is 11.4. The van der Waals surface area contributed by atoms with Crippen LogP contribution in [0.5, 0.6) is 17.2 Å². The zero-order chi connectivity index (χ0) is 29.5. The van der Waals surface area contributed by atoms with Crippen molar-refractivity contribution in [3.05, 3.63) is 107 Å². The van der Waals surface area contributed by atoms with Crippen molar-refractivity contribution in [2.24, 2.45) is 0 Å². The summed E-state index contributed by atoms with van der Waals surface area (Å²) < 4.78 is 0. The topological polar surface area (TPSA) is 244 Å². The molecule has 3 aromatic carbocycles. The quantitative estimate of drug-likeness (QED) is 0.192. The van der Waals surface area contributed by atoms with Crippen LogP contribution in [0.4, 0.5) is 0 Å². The summed E-state index contributed by atoms with van der Waals surface area (Å²) in [6.07, 6.45) is 0.487. The van der Waals surface area contributed by atoms with E-state index in [9.17, 15) is 14.4 Å². The molecule has 0 heterocycles. The van der Waals surface area contributed by atoms with E-state index in [-0.39, 0.29) is 53.6 Å².